The van der Waals surface area contributed by atoms with E-state index in [0.717, 1.165) is 18.2 Å². The Hall–Kier alpha value is -1.04. The van der Waals surface area contributed by atoms with Crippen molar-refractivity contribution in [1.82, 2.24) is 10.3 Å². The molecule has 0 aromatic heterocycles. The van der Waals surface area contributed by atoms with Crippen LogP contribution in [0, 0.1) is 11.6 Å². The van der Waals surface area contributed by atoms with Crippen LogP contribution in [0.15, 0.2) is 18.2 Å². The molecule has 1 rings (SSSR count). The number of nitrogens with zero attached hydrogens (tertiary/aromatic N) is 1. The van der Waals surface area contributed by atoms with Gasteiger partial charge in [0.15, 0.2) is 11.6 Å². The number of benzene rings is 1. The van der Waals surface area contributed by atoms with Gasteiger partial charge in [0, 0.05) is 12.6 Å². The normalized spacial score (nSPS) is 13.1. The van der Waals surface area contributed by atoms with Crippen LogP contribution >= 0.6 is 0 Å². The van der Waals surface area contributed by atoms with E-state index >= 15 is 0 Å². The summed E-state index contributed by atoms with van der Waals surface area (Å²) >= 11 is 0. The second-order valence-electron chi connectivity index (χ2n) is 4.08. The van der Waals surface area contributed by atoms with Gasteiger partial charge in [-0.15, -0.1) is 0 Å². The first kappa shape index (κ1) is 13.0. The first-order chi connectivity index (χ1) is 7.52. The van der Waals surface area contributed by atoms with E-state index in [1.165, 1.54) is 6.07 Å². The van der Waals surface area contributed by atoms with Crippen LogP contribution in [0.2, 0.25) is 0 Å². The monoisotopic (exact) mass is 229 g/mol. The van der Waals surface area contributed by atoms with Crippen molar-refractivity contribution in [3.8, 4) is 0 Å². The van der Waals surface area contributed by atoms with Crippen LogP contribution in [0.25, 0.3) is 0 Å². The van der Waals surface area contributed by atoms with E-state index < -0.39 is 11.6 Å². The Morgan fingerprint density at radius 2 is 2.00 bits per heavy atom. The zero-order chi connectivity index (χ0) is 12.1. The standard InChI is InChI=1S/C11H17F2N3/c1-16(2)7-9(15-14)5-8-3-4-10(12)11(13)6-8/h3-4,6,9,15H,5,7,14H2,1-2H3. The summed E-state index contributed by atoms with van der Waals surface area (Å²) in [7, 11) is 3.85. The lowest BCUT2D eigenvalue weighted by molar-refractivity contribution is 0.338. The Labute approximate surface area is 94.2 Å². The highest BCUT2D eigenvalue weighted by Gasteiger charge is 2.10. The Morgan fingerprint density at radius 3 is 2.50 bits per heavy atom. The molecule has 0 aliphatic rings. The summed E-state index contributed by atoms with van der Waals surface area (Å²) in [5.74, 6) is 3.75. The molecule has 0 heterocycles. The van der Waals surface area contributed by atoms with Crippen LogP contribution in [0.1, 0.15) is 5.56 Å². The van der Waals surface area contributed by atoms with E-state index in [1.807, 2.05) is 19.0 Å². The van der Waals surface area contributed by atoms with Gasteiger partial charge in [-0.1, -0.05) is 6.07 Å². The van der Waals surface area contributed by atoms with Gasteiger partial charge in [0.1, 0.15) is 0 Å². The number of halogens is 2. The second-order valence-corrected chi connectivity index (χ2v) is 4.08. The van der Waals surface area contributed by atoms with Crippen molar-refractivity contribution in [2.75, 3.05) is 20.6 Å². The van der Waals surface area contributed by atoms with Gasteiger partial charge in [-0.2, -0.15) is 0 Å². The van der Waals surface area contributed by atoms with Crippen molar-refractivity contribution in [3.05, 3.63) is 35.4 Å². The van der Waals surface area contributed by atoms with Gasteiger partial charge in [0.2, 0.25) is 0 Å². The molecule has 3 N–H and O–H groups in total. The third kappa shape index (κ3) is 3.84. The molecule has 0 saturated carbocycles. The highest BCUT2D eigenvalue weighted by molar-refractivity contribution is 5.18. The van der Waals surface area contributed by atoms with Gasteiger partial charge in [0.25, 0.3) is 0 Å². The van der Waals surface area contributed by atoms with Crippen LogP contribution in [0.3, 0.4) is 0 Å². The first-order valence-electron chi connectivity index (χ1n) is 5.07. The fourth-order valence-electron chi connectivity index (χ4n) is 1.57. The minimum Gasteiger partial charge on any atom is -0.308 e. The molecular formula is C11H17F2N3. The molecular weight excluding hydrogens is 212 g/mol. The van der Waals surface area contributed by atoms with Crippen molar-refractivity contribution < 1.29 is 8.78 Å². The summed E-state index contributed by atoms with van der Waals surface area (Å²) in [5.41, 5.74) is 3.38. The number of hydrogen-bond donors (Lipinski definition) is 2. The third-order valence-corrected chi connectivity index (χ3v) is 2.29. The quantitative estimate of drug-likeness (QED) is 0.582. The summed E-state index contributed by atoms with van der Waals surface area (Å²) in [5, 5.41) is 0. The maximum absolute atomic E-state index is 13.0. The minimum atomic E-state index is -0.825. The maximum atomic E-state index is 13.0. The molecule has 1 atom stereocenters. The van der Waals surface area contributed by atoms with E-state index in [-0.39, 0.29) is 6.04 Å². The summed E-state index contributed by atoms with van der Waals surface area (Å²) in [6, 6.07) is 3.92. The lowest BCUT2D eigenvalue weighted by Gasteiger charge is -2.20. The minimum absolute atomic E-state index is 0.0138. The van der Waals surface area contributed by atoms with Gasteiger partial charge in [-0.05, 0) is 38.2 Å². The molecule has 0 fully saturated rings. The topological polar surface area (TPSA) is 41.3 Å². The fourth-order valence-corrected chi connectivity index (χ4v) is 1.57. The second kappa shape index (κ2) is 5.89. The van der Waals surface area contributed by atoms with E-state index in [9.17, 15) is 8.78 Å². The lowest BCUT2D eigenvalue weighted by Crippen LogP contribution is -2.43. The molecule has 1 aromatic carbocycles. The zero-order valence-electron chi connectivity index (χ0n) is 9.50. The molecule has 0 amide bonds. The first-order valence-corrected chi connectivity index (χ1v) is 5.07. The summed E-state index contributed by atoms with van der Waals surface area (Å²) in [6.45, 7) is 0.732. The fraction of sp³-hybridized carbons (Fsp3) is 0.455. The molecule has 0 spiro atoms. The van der Waals surface area contributed by atoms with E-state index in [2.05, 4.69) is 5.43 Å². The number of hydrogen-bond acceptors (Lipinski definition) is 3. The molecule has 0 bridgehead atoms. The molecule has 0 aliphatic carbocycles. The van der Waals surface area contributed by atoms with Crippen molar-refractivity contribution in [3.63, 3.8) is 0 Å². The largest absolute Gasteiger partial charge is 0.308 e. The van der Waals surface area contributed by atoms with Gasteiger partial charge in [-0.25, -0.2) is 8.78 Å². The predicted octanol–water partition coefficient (Wildman–Crippen LogP) is 0.901. The van der Waals surface area contributed by atoms with Crippen molar-refractivity contribution in [2.24, 2.45) is 5.84 Å². The van der Waals surface area contributed by atoms with Crippen LogP contribution in [0.4, 0.5) is 8.78 Å². The molecule has 1 aromatic rings. The molecule has 0 radical (unpaired) electrons. The molecule has 0 saturated heterocycles. The summed E-state index contributed by atoms with van der Waals surface area (Å²) in [4.78, 5) is 1.98. The van der Waals surface area contributed by atoms with Crippen molar-refractivity contribution in [1.29, 1.82) is 0 Å². The molecule has 5 heteroatoms. The number of nitrogens with two attached hydrogens (primary N) is 1. The zero-order valence-corrected chi connectivity index (χ0v) is 9.50. The van der Waals surface area contributed by atoms with Crippen LogP contribution in [-0.2, 0) is 6.42 Å². The Kier molecular flexibility index (Phi) is 4.79. The van der Waals surface area contributed by atoms with Gasteiger partial charge >= 0.3 is 0 Å². The Bertz CT molecular complexity index is 342. The van der Waals surface area contributed by atoms with Crippen molar-refractivity contribution >= 4 is 0 Å². The van der Waals surface area contributed by atoms with Gasteiger partial charge in [-0.3, -0.25) is 11.3 Å². The number of hydrazine groups is 1. The van der Waals surface area contributed by atoms with Crippen LogP contribution < -0.4 is 11.3 Å². The third-order valence-electron chi connectivity index (χ3n) is 2.29. The predicted molar refractivity (Wildman–Crippen MR) is 59.7 cm³/mol. The van der Waals surface area contributed by atoms with Gasteiger partial charge in [0.05, 0.1) is 0 Å². The van der Waals surface area contributed by atoms with Gasteiger partial charge < -0.3 is 4.90 Å². The maximum Gasteiger partial charge on any atom is 0.159 e. The molecule has 16 heavy (non-hydrogen) atoms. The number of nitrogens with one attached hydrogen (secondary N) is 1. The van der Waals surface area contributed by atoms with E-state index in [1.54, 1.807) is 6.07 Å². The smallest absolute Gasteiger partial charge is 0.159 e. The molecule has 90 valence electrons. The molecule has 0 aliphatic heterocycles. The lowest BCUT2D eigenvalue weighted by atomic mass is 10.1. The molecule has 1 unspecified atom stereocenters. The van der Waals surface area contributed by atoms with E-state index in [4.69, 9.17) is 5.84 Å². The Balaban J connectivity index is 2.66. The summed E-state index contributed by atoms with van der Waals surface area (Å²) < 4.78 is 25.7. The van der Waals surface area contributed by atoms with Crippen molar-refractivity contribution in [2.45, 2.75) is 12.5 Å². The number of rotatable bonds is 5. The van der Waals surface area contributed by atoms with Crippen LogP contribution in [-0.4, -0.2) is 31.6 Å². The van der Waals surface area contributed by atoms with E-state index in [0.29, 0.717) is 6.42 Å². The highest BCUT2D eigenvalue weighted by Crippen LogP contribution is 2.10. The SMILES string of the molecule is CN(C)CC(Cc1ccc(F)c(F)c1)NN. The average molecular weight is 229 g/mol. The highest BCUT2D eigenvalue weighted by atomic mass is 19.2. The number of likely N-dealkylation sites (N-methyl/N-ethyl adjacent to an activating group) is 1. The summed E-state index contributed by atoms with van der Waals surface area (Å²) in [6.07, 6.45) is 0.561. The average Bonchev–Trinajstić information content (AvgIpc) is 2.22. The molecule has 3 nitrogen and oxygen atoms in total. The Morgan fingerprint density at radius 1 is 1.31 bits per heavy atom. The van der Waals surface area contributed by atoms with Crippen LogP contribution in [0.5, 0.6) is 0 Å².